The van der Waals surface area contributed by atoms with E-state index in [9.17, 15) is 14.0 Å². The first-order chi connectivity index (χ1) is 13.6. The van der Waals surface area contributed by atoms with Crippen LogP contribution in [0.4, 0.5) is 4.39 Å². The summed E-state index contributed by atoms with van der Waals surface area (Å²) in [7, 11) is 0. The largest absolute Gasteiger partial charge is 0.340 e. The molecule has 4 rings (SSSR count). The maximum atomic E-state index is 13.4. The third kappa shape index (κ3) is 3.41. The fourth-order valence-corrected chi connectivity index (χ4v) is 4.59. The molecule has 0 aliphatic carbocycles. The Balaban J connectivity index is 1.52. The quantitative estimate of drug-likeness (QED) is 0.812. The van der Waals surface area contributed by atoms with Gasteiger partial charge in [-0.2, -0.15) is 0 Å². The van der Waals surface area contributed by atoms with E-state index in [1.807, 2.05) is 23.1 Å². The van der Waals surface area contributed by atoms with Crippen LogP contribution in [0.15, 0.2) is 54.6 Å². The Labute approximate surface area is 164 Å². The zero-order valence-corrected chi connectivity index (χ0v) is 15.9. The number of hydrogen-bond acceptors (Lipinski definition) is 2. The summed E-state index contributed by atoms with van der Waals surface area (Å²) in [5.41, 5.74) is 0.915. The summed E-state index contributed by atoms with van der Waals surface area (Å²) in [5, 5.41) is 0. The van der Waals surface area contributed by atoms with Gasteiger partial charge in [0.05, 0.1) is 0 Å². The summed E-state index contributed by atoms with van der Waals surface area (Å²) in [6.45, 7) is 1.99. The number of nitrogens with zero attached hydrogens (tertiary/aromatic N) is 2. The van der Waals surface area contributed by atoms with E-state index in [2.05, 4.69) is 12.1 Å². The van der Waals surface area contributed by atoms with Crippen molar-refractivity contribution in [3.05, 3.63) is 71.5 Å². The molecule has 0 saturated carbocycles. The van der Waals surface area contributed by atoms with Crippen molar-refractivity contribution in [3.63, 3.8) is 0 Å². The highest BCUT2D eigenvalue weighted by Crippen LogP contribution is 2.39. The zero-order valence-electron chi connectivity index (χ0n) is 15.9. The van der Waals surface area contributed by atoms with Crippen LogP contribution in [0.25, 0.3) is 0 Å². The minimum Gasteiger partial charge on any atom is -0.340 e. The maximum Gasteiger partial charge on any atom is 0.254 e. The lowest BCUT2D eigenvalue weighted by Gasteiger charge is -2.44. The van der Waals surface area contributed by atoms with Gasteiger partial charge in [-0.3, -0.25) is 9.59 Å². The van der Waals surface area contributed by atoms with Gasteiger partial charge in [0.15, 0.2) is 0 Å². The Morgan fingerprint density at radius 2 is 1.64 bits per heavy atom. The maximum absolute atomic E-state index is 13.4. The summed E-state index contributed by atoms with van der Waals surface area (Å²) in [6.07, 6.45) is 3.95. The van der Waals surface area contributed by atoms with E-state index in [0.717, 1.165) is 25.8 Å². The molecule has 0 N–H and O–H groups in total. The fraction of sp³-hybridized carbons (Fsp3) is 0.391. The Bertz CT molecular complexity index is 853. The molecule has 0 aromatic heterocycles. The second-order valence-corrected chi connectivity index (χ2v) is 7.73. The Kier molecular flexibility index (Phi) is 5.16. The van der Waals surface area contributed by atoms with E-state index in [1.165, 1.54) is 29.8 Å². The minimum absolute atomic E-state index is 0.0719. The number of carbonyl (C=O) groups is 2. The standard InChI is InChI=1S/C23H25FN2O2/c24-20-10-8-19(9-11-20)21(27)26-16-5-14-23(26)13-4-15-25(22(23)28)17-12-18-6-2-1-3-7-18/h1-3,6-11H,4-5,12-17H2. The average Bonchev–Trinajstić information content (AvgIpc) is 3.14. The summed E-state index contributed by atoms with van der Waals surface area (Å²) < 4.78 is 13.2. The number of carbonyl (C=O) groups excluding carboxylic acids is 2. The van der Waals surface area contributed by atoms with Crippen LogP contribution in [0.1, 0.15) is 41.6 Å². The highest BCUT2D eigenvalue weighted by molar-refractivity contribution is 6.00. The molecule has 2 aliphatic heterocycles. The van der Waals surface area contributed by atoms with Gasteiger partial charge >= 0.3 is 0 Å². The van der Waals surface area contributed by atoms with Crippen LogP contribution in [0.5, 0.6) is 0 Å². The van der Waals surface area contributed by atoms with Crippen molar-refractivity contribution in [2.24, 2.45) is 0 Å². The molecular weight excluding hydrogens is 355 g/mol. The summed E-state index contributed by atoms with van der Waals surface area (Å²) in [5.74, 6) is -0.466. The predicted octanol–water partition coefficient (Wildman–Crippen LogP) is 3.67. The number of hydrogen-bond donors (Lipinski definition) is 0. The van der Waals surface area contributed by atoms with Crippen molar-refractivity contribution >= 4 is 11.8 Å². The highest BCUT2D eigenvalue weighted by Gasteiger charge is 2.52. The number of likely N-dealkylation sites (tertiary alicyclic amines) is 2. The predicted molar refractivity (Wildman–Crippen MR) is 105 cm³/mol. The minimum atomic E-state index is -0.736. The van der Waals surface area contributed by atoms with Crippen LogP contribution < -0.4 is 0 Å². The van der Waals surface area contributed by atoms with E-state index in [4.69, 9.17) is 0 Å². The molecule has 0 radical (unpaired) electrons. The first-order valence-electron chi connectivity index (χ1n) is 10.0. The van der Waals surface area contributed by atoms with Crippen LogP contribution in [0.2, 0.25) is 0 Å². The molecule has 2 fully saturated rings. The van der Waals surface area contributed by atoms with E-state index in [0.29, 0.717) is 31.5 Å². The smallest absolute Gasteiger partial charge is 0.254 e. The van der Waals surface area contributed by atoms with Gasteiger partial charge in [-0.15, -0.1) is 0 Å². The summed E-state index contributed by atoms with van der Waals surface area (Å²) in [4.78, 5) is 30.2. The molecule has 2 saturated heterocycles. The van der Waals surface area contributed by atoms with Crippen LogP contribution in [0, 0.1) is 5.82 Å². The lowest BCUT2D eigenvalue weighted by Crippen LogP contribution is -2.61. The second kappa shape index (κ2) is 7.74. The third-order valence-electron chi connectivity index (χ3n) is 6.04. The number of benzene rings is 2. The molecule has 1 spiro atoms. The van der Waals surface area contributed by atoms with Crippen LogP contribution in [-0.4, -0.2) is 46.8 Å². The van der Waals surface area contributed by atoms with Gasteiger partial charge in [-0.1, -0.05) is 30.3 Å². The Morgan fingerprint density at radius 3 is 2.36 bits per heavy atom. The van der Waals surface area contributed by atoms with Crippen LogP contribution in [0.3, 0.4) is 0 Å². The molecule has 2 aliphatic rings. The average molecular weight is 380 g/mol. The molecule has 5 heteroatoms. The molecule has 1 unspecified atom stereocenters. The van der Waals surface area contributed by atoms with Crippen molar-refractivity contribution < 1.29 is 14.0 Å². The van der Waals surface area contributed by atoms with Gasteiger partial charge in [-0.05, 0) is 61.9 Å². The number of piperidine rings is 1. The molecule has 0 bridgehead atoms. The first-order valence-corrected chi connectivity index (χ1v) is 10.0. The van der Waals surface area contributed by atoms with Crippen molar-refractivity contribution in [2.45, 2.75) is 37.6 Å². The normalized spacial score (nSPS) is 22.1. The van der Waals surface area contributed by atoms with E-state index in [-0.39, 0.29) is 17.6 Å². The topological polar surface area (TPSA) is 40.6 Å². The zero-order chi connectivity index (χ0) is 19.6. The van der Waals surface area contributed by atoms with E-state index < -0.39 is 5.54 Å². The Hall–Kier alpha value is -2.69. The monoisotopic (exact) mass is 380 g/mol. The molecule has 2 aromatic rings. The van der Waals surface area contributed by atoms with Gasteiger partial charge in [0.2, 0.25) is 5.91 Å². The molecule has 1 atom stereocenters. The number of halogens is 1. The van der Waals surface area contributed by atoms with Crippen molar-refractivity contribution in [3.8, 4) is 0 Å². The second-order valence-electron chi connectivity index (χ2n) is 7.73. The Morgan fingerprint density at radius 1 is 0.964 bits per heavy atom. The fourth-order valence-electron chi connectivity index (χ4n) is 4.59. The SMILES string of the molecule is O=C(c1ccc(F)cc1)N1CCCC12CCCN(CCc1ccccc1)C2=O. The van der Waals surface area contributed by atoms with Crippen molar-refractivity contribution in [2.75, 3.05) is 19.6 Å². The lowest BCUT2D eigenvalue weighted by atomic mass is 9.84. The van der Waals surface area contributed by atoms with Crippen LogP contribution >= 0.6 is 0 Å². The first kappa shape index (κ1) is 18.7. The third-order valence-corrected chi connectivity index (χ3v) is 6.04. The van der Waals surface area contributed by atoms with Gasteiger partial charge in [0.1, 0.15) is 11.4 Å². The van der Waals surface area contributed by atoms with Gasteiger partial charge in [0.25, 0.3) is 5.91 Å². The molecular formula is C23H25FN2O2. The number of rotatable bonds is 4. The van der Waals surface area contributed by atoms with Crippen molar-refractivity contribution in [1.82, 2.24) is 9.80 Å². The van der Waals surface area contributed by atoms with E-state index in [1.54, 1.807) is 4.90 Å². The van der Waals surface area contributed by atoms with Crippen molar-refractivity contribution in [1.29, 1.82) is 0 Å². The molecule has 4 nitrogen and oxygen atoms in total. The lowest BCUT2D eigenvalue weighted by molar-refractivity contribution is -0.145. The van der Waals surface area contributed by atoms with Crippen LogP contribution in [-0.2, 0) is 11.2 Å². The molecule has 2 amide bonds. The van der Waals surface area contributed by atoms with E-state index >= 15 is 0 Å². The number of amides is 2. The molecule has 146 valence electrons. The van der Waals surface area contributed by atoms with Gasteiger partial charge < -0.3 is 9.80 Å². The molecule has 28 heavy (non-hydrogen) atoms. The summed E-state index contributed by atoms with van der Waals surface area (Å²) >= 11 is 0. The molecule has 2 heterocycles. The van der Waals surface area contributed by atoms with Gasteiger partial charge in [-0.25, -0.2) is 4.39 Å². The highest BCUT2D eigenvalue weighted by atomic mass is 19.1. The van der Waals surface area contributed by atoms with Gasteiger partial charge in [0, 0.05) is 25.2 Å². The summed E-state index contributed by atoms with van der Waals surface area (Å²) in [6, 6.07) is 15.8. The molecule has 2 aromatic carbocycles.